The summed E-state index contributed by atoms with van der Waals surface area (Å²) in [5.74, 6) is -0.360. The van der Waals surface area contributed by atoms with Gasteiger partial charge in [-0.05, 0) is 49.6 Å². The lowest BCUT2D eigenvalue weighted by molar-refractivity contribution is -0.224. The summed E-state index contributed by atoms with van der Waals surface area (Å²) in [4.78, 5) is 42.4. The summed E-state index contributed by atoms with van der Waals surface area (Å²) in [6, 6.07) is 20.0. The number of aromatic nitrogens is 2. The zero-order chi connectivity index (χ0) is 32.0. The van der Waals surface area contributed by atoms with E-state index in [1.54, 1.807) is 25.2 Å². The number of carbonyl (C=O) groups excluding carboxylic acids is 2. The van der Waals surface area contributed by atoms with E-state index in [2.05, 4.69) is 35.3 Å². The highest BCUT2D eigenvalue weighted by Crippen LogP contribution is 2.39. The van der Waals surface area contributed by atoms with Crippen LogP contribution in [-0.4, -0.2) is 90.4 Å². The largest absolute Gasteiger partial charge is 0.353 e. The Hall–Kier alpha value is -3.94. The second kappa shape index (κ2) is 12.3. The third kappa shape index (κ3) is 5.87. The molecule has 2 aromatic heterocycles. The van der Waals surface area contributed by atoms with Gasteiger partial charge in [-0.15, -0.1) is 11.3 Å². The van der Waals surface area contributed by atoms with Crippen molar-refractivity contribution in [1.29, 1.82) is 0 Å². The summed E-state index contributed by atoms with van der Waals surface area (Å²) in [5.41, 5.74) is 2.86. The Balaban J connectivity index is 1.07. The van der Waals surface area contributed by atoms with E-state index in [1.807, 2.05) is 47.4 Å². The highest BCUT2D eigenvalue weighted by Gasteiger charge is 2.58. The van der Waals surface area contributed by atoms with Crippen molar-refractivity contribution in [3.63, 3.8) is 0 Å². The van der Waals surface area contributed by atoms with Gasteiger partial charge < -0.3 is 28.7 Å². The Morgan fingerprint density at radius 3 is 2.37 bits per heavy atom. The molecule has 2 amide bonds. The predicted molar refractivity (Wildman–Crippen MR) is 175 cm³/mol. The lowest BCUT2D eigenvalue weighted by Crippen LogP contribution is -2.49. The first kappa shape index (κ1) is 30.7. The fraction of sp³-hybridized carbons (Fsp3) is 0.412. The number of methoxy groups -OCH3 is 1. The van der Waals surface area contributed by atoms with Crippen molar-refractivity contribution in [2.24, 2.45) is 0 Å². The molecule has 0 bridgehead atoms. The zero-order valence-electron chi connectivity index (χ0n) is 26.3. The van der Waals surface area contributed by atoms with Crippen molar-refractivity contribution < 1.29 is 28.5 Å². The normalized spacial score (nSPS) is 23.9. The van der Waals surface area contributed by atoms with Gasteiger partial charge in [0, 0.05) is 43.7 Å². The number of benzene rings is 2. The first-order chi connectivity index (χ1) is 22.2. The van der Waals surface area contributed by atoms with Crippen LogP contribution in [0.15, 0.2) is 60.7 Å². The number of amides is 2. The summed E-state index contributed by atoms with van der Waals surface area (Å²) in [6.07, 6.45) is -1.98. The van der Waals surface area contributed by atoms with Crippen molar-refractivity contribution in [2.45, 2.75) is 57.6 Å². The van der Waals surface area contributed by atoms with Crippen LogP contribution in [0.25, 0.3) is 21.3 Å². The molecule has 11 nitrogen and oxygen atoms in total. The van der Waals surface area contributed by atoms with Crippen LogP contribution in [0.4, 0.5) is 11.8 Å². The van der Waals surface area contributed by atoms with Crippen molar-refractivity contribution in [3.8, 4) is 11.1 Å². The maximum absolute atomic E-state index is 13.5. The smallest absolute Gasteiger partial charge is 0.258 e. The van der Waals surface area contributed by atoms with Crippen LogP contribution >= 0.6 is 11.3 Å². The number of hydrogen-bond donors (Lipinski definition) is 1. The average molecular weight is 644 g/mol. The zero-order valence-corrected chi connectivity index (χ0v) is 27.1. The van der Waals surface area contributed by atoms with E-state index in [0.717, 1.165) is 33.6 Å². The molecular weight excluding hydrogens is 606 g/mol. The van der Waals surface area contributed by atoms with Crippen molar-refractivity contribution >= 4 is 45.1 Å². The van der Waals surface area contributed by atoms with Crippen LogP contribution in [0.2, 0.25) is 0 Å². The molecule has 0 radical (unpaired) electrons. The highest BCUT2D eigenvalue weighted by atomic mass is 32.1. The fourth-order valence-electron chi connectivity index (χ4n) is 6.31. The van der Waals surface area contributed by atoms with E-state index in [-0.39, 0.29) is 11.9 Å². The molecule has 7 rings (SSSR count). The van der Waals surface area contributed by atoms with Gasteiger partial charge in [-0.3, -0.25) is 14.9 Å². The number of carbonyl (C=O) groups is 2. The number of nitrogens with one attached hydrogen (secondary N) is 1. The van der Waals surface area contributed by atoms with Crippen LogP contribution in [0.1, 0.15) is 36.0 Å². The number of nitrogens with zero attached hydrogens (tertiary/aromatic N) is 4. The SMILES string of the molecule is CCc1cc2c(N3CCN(C(=O)c4ccc(-c5ccccc5)cc4)CC3)nc(NC(=O)C3OC(OC)[C@@H]4OC(C)(C)O[C@H]34)nc2s1. The first-order valence-corrected chi connectivity index (χ1v) is 16.4. The minimum atomic E-state index is -0.953. The van der Waals surface area contributed by atoms with Crippen LogP contribution in [0.5, 0.6) is 0 Å². The molecule has 2 aromatic carbocycles. The molecule has 0 spiro atoms. The molecule has 12 heteroatoms. The van der Waals surface area contributed by atoms with Crippen LogP contribution < -0.4 is 10.2 Å². The average Bonchev–Trinajstić information content (AvgIpc) is 3.74. The third-order valence-corrected chi connectivity index (χ3v) is 9.79. The maximum Gasteiger partial charge on any atom is 0.258 e. The lowest BCUT2D eigenvalue weighted by atomic mass is 10.0. The van der Waals surface area contributed by atoms with Gasteiger partial charge in [0.1, 0.15) is 22.9 Å². The van der Waals surface area contributed by atoms with Gasteiger partial charge in [0.15, 0.2) is 18.2 Å². The molecule has 3 aliphatic heterocycles. The van der Waals surface area contributed by atoms with E-state index in [9.17, 15) is 9.59 Å². The molecule has 46 heavy (non-hydrogen) atoms. The first-order valence-electron chi connectivity index (χ1n) is 15.6. The molecule has 4 atom stereocenters. The summed E-state index contributed by atoms with van der Waals surface area (Å²) >= 11 is 1.58. The van der Waals surface area contributed by atoms with Gasteiger partial charge in [0.2, 0.25) is 5.95 Å². The van der Waals surface area contributed by atoms with Crippen molar-refractivity contribution in [3.05, 3.63) is 71.1 Å². The number of hydrogen-bond acceptors (Lipinski definition) is 10. The van der Waals surface area contributed by atoms with Gasteiger partial charge in [0.25, 0.3) is 11.8 Å². The minimum Gasteiger partial charge on any atom is -0.353 e. The number of piperazine rings is 1. The summed E-state index contributed by atoms with van der Waals surface area (Å²) in [5, 5.41) is 3.80. The molecule has 2 unspecified atom stereocenters. The van der Waals surface area contributed by atoms with E-state index in [0.29, 0.717) is 31.7 Å². The topological polar surface area (TPSA) is 115 Å². The van der Waals surface area contributed by atoms with Gasteiger partial charge in [-0.25, -0.2) is 4.98 Å². The van der Waals surface area contributed by atoms with E-state index < -0.39 is 36.3 Å². The molecule has 0 saturated carbocycles. The van der Waals surface area contributed by atoms with E-state index in [1.165, 1.54) is 12.0 Å². The van der Waals surface area contributed by atoms with E-state index in [4.69, 9.17) is 28.9 Å². The van der Waals surface area contributed by atoms with Gasteiger partial charge in [-0.2, -0.15) is 4.98 Å². The number of rotatable bonds is 7. The van der Waals surface area contributed by atoms with Gasteiger partial charge >= 0.3 is 0 Å². The Morgan fingerprint density at radius 1 is 0.978 bits per heavy atom. The highest BCUT2D eigenvalue weighted by molar-refractivity contribution is 7.18. The van der Waals surface area contributed by atoms with E-state index >= 15 is 0 Å². The second-order valence-corrected chi connectivity index (χ2v) is 13.2. The Bertz CT molecular complexity index is 1740. The molecule has 5 heterocycles. The number of ether oxygens (including phenoxy) is 4. The lowest BCUT2D eigenvalue weighted by Gasteiger charge is -2.35. The Morgan fingerprint density at radius 2 is 1.67 bits per heavy atom. The van der Waals surface area contributed by atoms with Crippen molar-refractivity contribution in [2.75, 3.05) is 43.5 Å². The molecular formula is C34H37N5O6S. The second-order valence-electron chi connectivity index (χ2n) is 12.1. The predicted octanol–water partition coefficient (Wildman–Crippen LogP) is 4.71. The molecule has 3 fully saturated rings. The number of fused-ring (bicyclic) bond motifs is 2. The third-order valence-electron chi connectivity index (χ3n) is 8.61. The number of thiophene rings is 1. The summed E-state index contributed by atoms with van der Waals surface area (Å²) in [7, 11) is 1.51. The van der Waals surface area contributed by atoms with Crippen LogP contribution in [0.3, 0.4) is 0 Å². The van der Waals surface area contributed by atoms with Crippen molar-refractivity contribution in [1.82, 2.24) is 14.9 Å². The standard InChI is InChI=1S/C34H37N5O6S/c1-5-23-19-24-28(38-15-17-39(18-16-38)31(41)22-13-11-21(12-14-22)20-9-7-6-8-10-20)35-33(37-30(24)46-23)36-29(40)26-25-27(32(42-4)43-26)45-34(2,3)44-25/h6-14,19,25-27,32H,5,15-18H2,1-4H3,(H,35,36,37,40)/t25-,26?,27-,32?/m1/s1. The quantitative estimate of drug-likeness (QED) is 0.306. The van der Waals surface area contributed by atoms with Crippen LogP contribution in [-0.2, 0) is 30.2 Å². The molecule has 3 aliphatic rings. The van der Waals surface area contributed by atoms with Crippen LogP contribution in [0, 0.1) is 0 Å². The maximum atomic E-state index is 13.5. The Labute approximate surface area is 271 Å². The molecule has 3 saturated heterocycles. The number of anilines is 2. The summed E-state index contributed by atoms with van der Waals surface area (Å²) in [6.45, 7) is 7.97. The molecule has 0 aliphatic carbocycles. The number of aryl methyl sites for hydroxylation is 1. The Kier molecular flexibility index (Phi) is 8.24. The summed E-state index contributed by atoms with van der Waals surface area (Å²) < 4.78 is 23.2. The van der Waals surface area contributed by atoms with Gasteiger partial charge in [-0.1, -0.05) is 49.4 Å². The monoisotopic (exact) mass is 643 g/mol. The fourth-order valence-corrected chi connectivity index (χ4v) is 7.27. The molecule has 4 aromatic rings. The molecule has 1 N–H and O–H groups in total. The minimum absolute atomic E-state index is 0.00868. The van der Waals surface area contributed by atoms with Gasteiger partial charge in [0.05, 0.1) is 5.39 Å². The molecule has 240 valence electrons.